The second-order valence-corrected chi connectivity index (χ2v) is 14.1. The molecule has 2 unspecified atom stereocenters. The predicted octanol–water partition coefficient (Wildman–Crippen LogP) is 3.12. The van der Waals surface area contributed by atoms with Crippen LogP contribution in [0, 0.1) is 18.8 Å². The number of hydrogen-bond acceptors (Lipinski definition) is 9. The van der Waals surface area contributed by atoms with Crippen molar-refractivity contribution in [2.45, 2.75) is 65.6 Å². The van der Waals surface area contributed by atoms with Gasteiger partial charge in [0.25, 0.3) is 5.91 Å². The van der Waals surface area contributed by atoms with Gasteiger partial charge in [-0.2, -0.15) is 0 Å². The molecule has 14 nitrogen and oxygen atoms in total. The monoisotopic (exact) mass is 676 g/mol. The van der Waals surface area contributed by atoms with Crippen LogP contribution in [0.15, 0.2) is 48.5 Å². The van der Waals surface area contributed by atoms with E-state index in [9.17, 15) is 37.5 Å². The summed E-state index contributed by atoms with van der Waals surface area (Å²) in [5.74, 6) is -4.47. The number of nitrogens with one attached hydrogen (secondary N) is 4. The molecule has 15 heteroatoms. The molecule has 2 rings (SSSR count). The van der Waals surface area contributed by atoms with E-state index in [4.69, 9.17) is 9.47 Å². The Hall–Kier alpha value is -4.66. The highest BCUT2D eigenvalue weighted by molar-refractivity contribution is 7.90. The van der Waals surface area contributed by atoms with E-state index in [1.54, 1.807) is 24.3 Å². The van der Waals surface area contributed by atoms with Crippen molar-refractivity contribution < 1.29 is 47.0 Å². The molecule has 2 atom stereocenters. The maximum Gasteiger partial charge on any atom is 0.329 e. The zero-order valence-corrected chi connectivity index (χ0v) is 28.2. The summed E-state index contributed by atoms with van der Waals surface area (Å²) >= 11 is 0. The largest absolute Gasteiger partial charge is 0.484 e. The van der Waals surface area contributed by atoms with Crippen LogP contribution in [0.5, 0.6) is 5.75 Å². The van der Waals surface area contributed by atoms with Crippen LogP contribution in [0.3, 0.4) is 0 Å². The Morgan fingerprint density at radius 3 is 2.02 bits per heavy atom. The number of aryl methyl sites for hydroxylation is 1. The molecule has 2 aromatic carbocycles. The van der Waals surface area contributed by atoms with Crippen LogP contribution in [0.25, 0.3) is 0 Å². The second-order valence-electron chi connectivity index (χ2n) is 11.8. The summed E-state index contributed by atoms with van der Waals surface area (Å²) in [7, 11) is -3.56. The fourth-order valence-electron chi connectivity index (χ4n) is 4.52. The molecule has 47 heavy (non-hydrogen) atoms. The molecule has 2 aromatic rings. The number of hydrogen-bond donors (Lipinski definition) is 5. The van der Waals surface area contributed by atoms with E-state index in [0.29, 0.717) is 11.4 Å². The van der Waals surface area contributed by atoms with E-state index < -0.39 is 76.6 Å². The third-order valence-electron chi connectivity index (χ3n) is 6.85. The van der Waals surface area contributed by atoms with Crippen molar-refractivity contribution in [1.29, 1.82) is 0 Å². The molecule has 258 valence electrons. The molecular weight excluding hydrogens is 632 g/mol. The number of ether oxygens (including phenoxy) is 2. The van der Waals surface area contributed by atoms with Gasteiger partial charge in [0, 0.05) is 17.6 Å². The molecule has 0 aliphatic rings. The Morgan fingerprint density at radius 1 is 0.851 bits per heavy atom. The third kappa shape index (κ3) is 14.1. The highest BCUT2D eigenvalue weighted by Crippen LogP contribution is 2.19. The number of carboxylic acid groups (broad SMARTS) is 1. The molecule has 0 spiro atoms. The van der Waals surface area contributed by atoms with Gasteiger partial charge in [-0.1, -0.05) is 45.9 Å². The second kappa shape index (κ2) is 17.9. The topological polar surface area (TPSA) is 206 Å². The summed E-state index contributed by atoms with van der Waals surface area (Å²) in [6, 6.07) is 9.94. The minimum atomic E-state index is -3.56. The molecule has 0 aromatic heterocycles. The zero-order valence-electron chi connectivity index (χ0n) is 27.4. The minimum absolute atomic E-state index is 0.0853. The van der Waals surface area contributed by atoms with E-state index in [0.717, 1.165) is 11.8 Å². The fraction of sp³-hybridized carbons (Fsp3) is 0.469. The van der Waals surface area contributed by atoms with Crippen molar-refractivity contribution in [3.8, 4) is 5.75 Å². The summed E-state index contributed by atoms with van der Waals surface area (Å²) in [6.45, 7) is 8.63. The van der Waals surface area contributed by atoms with E-state index in [-0.39, 0.29) is 24.0 Å². The van der Waals surface area contributed by atoms with Crippen LogP contribution in [-0.4, -0.2) is 80.1 Å². The molecule has 0 aliphatic carbocycles. The Morgan fingerprint density at radius 2 is 1.47 bits per heavy atom. The van der Waals surface area contributed by atoms with Gasteiger partial charge in [0.05, 0.1) is 12.2 Å². The van der Waals surface area contributed by atoms with Gasteiger partial charge in [-0.3, -0.25) is 14.4 Å². The molecule has 5 N–H and O–H groups in total. The number of anilines is 2. The average Bonchev–Trinajstić information content (AvgIpc) is 2.97. The lowest BCUT2D eigenvalue weighted by molar-refractivity contribution is -0.160. The van der Waals surface area contributed by atoms with Crippen molar-refractivity contribution in [2.24, 2.45) is 11.8 Å². The van der Waals surface area contributed by atoms with Gasteiger partial charge in [0.2, 0.25) is 5.91 Å². The molecule has 4 amide bonds. The first-order chi connectivity index (χ1) is 21.9. The smallest absolute Gasteiger partial charge is 0.329 e. The summed E-state index contributed by atoms with van der Waals surface area (Å²) in [5.41, 5.74) is 2.00. The first kappa shape index (κ1) is 38.5. The highest BCUT2D eigenvalue weighted by atomic mass is 32.2. The van der Waals surface area contributed by atoms with Crippen molar-refractivity contribution in [3.63, 3.8) is 0 Å². The number of carbonyl (C=O) groups excluding carboxylic acids is 4. The van der Waals surface area contributed by atoms with Crippen molar-refractivity contribution in [2.75, 3.05) is 29.2 Å². The number of benzene rings is 2. The van der Waals surface area contributed by atoms with E-state index in [2.05, 4.69) is 21.3 Å². The number of aliphatic carboxylic acids is 1. The highest BCUT2D eigenvalue weighted by Gasteiger charge is 2.32. The first-order valence-electron chi connectivity index (χ1n) is 15.0. The van der Waals surface area contributed by atoms with Gasteiger partial charge in [-0.25, -0.2) is 18.0 Å². The minimum Gasteiger partial charge on any atom is -0.484 e. The Kier molecular flexibility index (Phi) is 14.7. The Bertz CT molecular complexity index is 1500. The number of amides is 4. The van der Waals surface area contributed by atoms with Crippen molar-refractivity contribution in [3.05, 3.63) is 54.1 Å². The fourth-order valence-corrected chi connectivity index (χ4v) is 5.18. The molecule has 0 saturated heterocycles. The number of rotatable bonds is 17. The lowest BCUT2D eigenvalue weighted by Crippen LogP contribution is -2.54. The van der Waals surface area contributed by atoms with E-state index in [1.165, 1.54) is 12.1 Å². The van der Waals surface area contributed by atoms with Crippen LogP contribution in [0.4, 0.5) is 16.2 Å². The van der Waals surface area contributed by atoms with Crippen LogP contribution >= 0.6 is 0 Å². The summed E-state index contributed by atoms with van der Waals surface area (Å²) in [5, 5.41) is 19.5. The molecule has 0 aliphatic heterocycles. The molecule has 0 radical (unpaired) electrons. The summed E-state index contributed by atoms with van der Waals surface area (Å²) in [4.78, 5) is 62.6. The number of carbonyl (C=O) groups is 5. The van der Waals surface area contributed by atoms with Gasteiger partial charge in [0.1, 0.15) is 33.8 Å². The van der Waals surface area contributed by atoms with Gasteiger partial charge in [-0.05, 0) is 61.1 Å². The van der Waals surface area contributed by atoms with Gasteiger partial charge in [0.15, 0.2) is 6.61 Å². The van der Waals surface area contributed by atoms with E-state index in [1.807, 2.05) is 46.8 Å². The standard InChI is InChI=1S/C32H44N4O10S/c1-19(2)29(20(3)4)46-31(41)26(17-28(38)39)35-30(40)25(15-16-47(6,43)44)34-27(37)18-45-23-13-11-22(12-14-23)33-32(42)36-24-10-8-7-9-21(24)5/h7-14,19-20,25-26,29H,15-18H2,1-6H3,(H,34,37)(H,35,40)(H,38,39)(H2,33,36,42). The molecular formula is C32H44N4O10S. The maximum absolute atomic E-state index is 13.2. The van der Waals surface area contributed by atoms with Crippen molar-refractivity contribution in [1.82, 2.24) is 10.6 Å². The number of esters is 1. The molecule has 0 heterocycles. The molecule has 0 bridgehead atoms. The Labute approximate surface area is 274 Å². The predicted molar refractivity (Wildman–Crippen MR) is 176 cm³/mol. The number of sulfone groups is 1. The number of urea groups is 1. The van der Waals surface area contributed by atoms with Gasteiger partial charge >= 0.3 is 18.0 Å². The number of para-hydroxylation sites is 1. The van der Waals surface area contributed by atoms with Crippen LogP contribution in [-0.2, 0) is 33.8 Å². The maximum atomic E-state index is 13.2. The van der Waals surface area contributed by atoms with Gasteiger partial charge < -0.3 is 35.8 Å². The van der Waals surface area contributed by atoms with Crippen LogP contribution in [0.2, 0.25) is 0 Å². The lowest BCUT2D eigenvalue weighted by atomic mass is 9.96. The molecule has 0 fully saturated rings. The van der Waals surface area contributed by atoms with E-state index >= 15 is 0 Å². The first-order valence-corrected chi connectivity index (χ1v) is 17.1. The van der Waals surface area contributed by atoms with Crippen LogP contribution < -0.4 is 26.0 Å². The lowest BCUT2D eigenvalue weighted by Gasteiger charge is -2.28. The number of carboxylic acids is 1. The zero-order chi connectivity index (χ0) is 35.3. The SMILES string of the molecule is Cc1ccccc1NC(=O)Nc1ccc(OCC(=O)NC(CCS(C)(=O)=O)C(=O)NC(CC(=O)O)C(=O)OC(C(C)C)C(C)C)cc1. The average molecular weight is 677 g/mol. The summed E-state index contributed by atoms with van der Waals surface area (Å²) < 4.78 is 34.7. The summed E-state index contributed by atoms with van der Waals surface area (Å²) in [6.07, 6.45) is -0.729. The Balaban J connectivity index is 2.04. The van der Waals surface area contributed by atoms with Crippen molar-refractivity contribution >= 4 is 51.0 Å². The van der Waals surface area contributed by atoms with Gasteiger partial charge in [-0.15, -0.1) is 0 Å². The third-order valence-corrected chi connectivity index (χ3v) is 7.83. The normalized spacial score (nSPS) is 12.6. The molecule has 0 saturated carbocycles. The quantitative estimate of drug-likeness (QED) is 0.155. The van der Waals surface area contributed by atoms with Crippen LogP contribution in [0.1, 0.15) is 46.1 Å².